The Morgan fingerprint density at radius 1 is 1.30 bits per heavy atom. The number of hydrogen-bond donors (Lipinski definition) is 1. The highest BCUT2D eigenvalue weighted by Gasteiger charge is 2.24. The fourth-order valence-electron chi connectivity index (χ4n) is 1.69. The zero-order chi connectivity index (χ0) is 14.7. The first-order valence-corrected chi connectivity index (χ1v) is 5.86. The fourth-order valence-corrected chi connectivity index (χ4v) is 1.69. The van der Waals surface area contributed by atoms with Crippen molar-refractivity contribution in [1.29, 1.82) is 0 Å². The average Bonchev–Trinajstić information content (AvgIpc) is 2.38. The molecule has 0 saturated heterocycles. The van der Waals surface area contributed by atoms with E-state index >= 15 is 0 Å². The fraction of sp³-hybridized carbons (Fsp3) is 0.250. The molecule has 2 rings (SSSR count). The summed E-state index contributed by atoms with van der Waals surface area (Å²) in [4.78, 5) is 24.4. The SMILES string of the molecule is Cc1cccc(Nc2ncnc(N(C)C)c2[N+](=O)[O-])n1. The Balaban J connectivity index is 2.46. The summed E-state index contributed by atoms with van der Waals surface area (Å²) in [6.45, 7) is 1.84. The van der Waals surface area contributed by atoms with Crippen molar-refractivity contribution in [3.63, 3.8) is 0 Å². The van der Waals surface area contributed by atoms with Gasteiger partial charge in [-0.05, 0) is 19.1 Å². The first kappa shape index (κ1) is 13.7. The lowest BCUT2D eigenvalue weighted by Crippen LogP contribution is -2.14. The lowest BCUT2D eigenvalue weighted by molar-refractivity contribution is -0.383. The molecule has 0 spiro atoms. The van der Waals surface area contributed by atoms with E-state index in [0.29, 0.717) is 5.82 Å². The molecule has 1 N–H and O–H groups in total. The van der Waals surface area contributed by atoms with E-state index in [-0.39, 0.29) is 17.3 Å². The minimum absolute atomic E-state index is 0.117. The molecule has 0 bridgehead atoms. The van der Waals surface area contributed by atoms with Crippen LogP contribution < -0.4 is 10.2 Å². The maximum Gasteiger partial charge on any atom is 0.353 e. The van der Waals surface area contributed by atoms with Gasteiger partial charge in [-0.15, -0.1) is 0 Å². The minimum atomic E-state index is -0.506. The third-order valence-corrected chi connectivity index (χ3v) is 2.54. The second-order valence-corrected chi connectivity index (χ2v) is 4.34. The third-order valence-electron chi connectivity index (χ3n) is 2.54. The molecule has 2 heterocycles. The molecule has 20 heavy (non-hydrogen) atoms. The van der Waals surface area contributed by atoms with E-state index in [1.165, 1.54) is 6.33 Å². The number of rotatable bonds is 4. The van der Waals surface area contributed by atoms with E-state index in [0.717, 1.165) is 5.69 Å². The molecule has 104 valence electrons. The van der Waals surface area contributed by atoms with Crippen LogP contribution in [0.15, 0.2) is 24.5 Å². The van der Waals surface area contributed by atoms with Gasteiger partial charge >= 0.3 is 5.69 Å². The number of nitrogens with one attached hydrogen (secondary N) is 1. The molecule has 0 amide bonds. The van der Waals surface area contributed by atoms with E-state index in [2.05, 4.69) is 20.3 Å². The largest absolute Gasteiger partial charge is 0.357 e. The summed E-state index contributed by atoms with van der Waals surface area (Å²) in [5.41, 5.74) is 0.625. The summed E-state index contributed by atoms with van der Waals surface area (Å²) >= 11 is 0. The highest BCUT2D eigenvalue weighted by Crippen LogP contribution is 2.31. The van der Waals surface area contributed by atoms with Crippen LogP contribution in [0.2, 0.25) is 0 Å². The van der Waals surface area contributed by atoms with Crippen LogP contribution in [0.3, 0.4) is 0 Å². The Bertz CT molecular complexity index is 644. The van der Waals surface area contributed by atoms with Crippen LogP contribution in [0.25, 0.3) is 0 Å². The van der Waals surface area contributed by atoms with Gasteiger partial charge in [0.1, 0.15) is 12.1 Å². The molecular formula is C12H14N6O2. The first-order chi connectivity index (χ1) is 9.49. The molecule has 0 atom stereocenters. The molecule has 0 aliphatic heterocycles. The Hall–Kier alpha value is -2.77. The van der Waals surface area contributed by atoms with Gasteiger partial charge in [0.05, 0.1) is 4.92 Å². The van der Waals surface area contributed by atoms with Crippen molar-refractivity contribution in [3.05, 3.63) is 40.3 Å². The van der Waals surface area contributed by atoms with Gasteiger partial charge in [0.15, 0.2) is 0 Å². The molecule has 2 aromatic rings. The minimum Gasteiger partial charge on any atom is -0.357 e. The van der Waals surface area contributed by atoms with Gasteiger partial charge in [-0.1, -0.05) is 6.07 Å². The van der Waals surface area contributed by atoms with E-state index < -0.39 is 4.92 Å². The Labute approximate surface area is 115 Å². The highest BCUT2D eigenvalue weighted by molar-refractivity contribution is 5.73. The van der Waals surface area contributed by atoms with Gasteiger partial charge in [0, 0.05) is 19.8 Å². The smallest absolute Gasteiger partial charge is 0.353 e. The number of aromatic nitrogens is 3. The van der Waals surface area contributed by atoms with Crippen molar-refractivity contribution in [2.24, 2.45) is 0 Å². The van der Waals surface area contributed by atoms with E-state index in [4.69, 9.17) is 0 Å². The monoisotopic (exact) mass is 274 g/mol. The van der Waals surface area contributed by atoms with Crippen molar-refractivity contribution in [3.8, 4) is 0 Å². The molecule has 8 heteroatoms. The predicted molar refractivity (Wildman–Crippen MR) is 75.3 cm³/mol. The van der Waals surface area contributed by atoms with Crippen LogP contribution in [0, 0.1) is 17.0 Å². The number of pyridine rings is 1. The summed E-state index contributed by atoms with van der Waals surface area (Å²) in [6.07, 6.45) is 1.28. The van der Waals surface area contributed by atoms with Gasteiger partial charge < -0.3 is 10.2 Å². The van der Waals surface area contributed by atoms with Crippen molar-refractivity contribution in [2.75, 3.05) is 24.3 Å². The Kier molecular flexibility index (Phi) is 3.74. The zero-order valence-electron chi connectivity index (χ0n) is 11.4. The first-order valence-electron chi connectivity index (χ1n) is 5.86. The molecule has 0 aromatic carbocycles. The normalized spacial score (nSPS) is 10.2. The zero-order valence-corrected chi connectivity index (χ0v) is 11.4. The average molecular weight is 274 g/mol. The summed E-state index contributed by atoms with van der Waals surface area (Å²) in [5.74, 6) is 0.850. The van der Waals surface area contributed by atoms with Gasteiger partial charge in [0.25, 0.3) is 0 Å². The van der Waals surface area contributed by atoms with Gasteiger partial charge in [-0.25, -0.2) is 15.0 Å². The molecule has 0 radical (unpaired) electrons. The Morgan fingerprint density at radius 2 is 2.05 bits per heavy atom. The van der Waals surface area contributed by atoms with E-state index in [1.54, 1.807) is 25.1 Å². The summed E-state index contributed by atoms with van der Waals surface area (Å²) < 4.78 is 0. The summed E-state index contributed by atoms with van der Waals surface area (Å²) in [6, 6.07) is 5.36. The third kappa shape index (κ3) is 2.79. The quantitative estimate of drug-likeness (QED) is 0.671. The van der Waals surface area contributed by atoms with Crippen LogP contribution in [-0.4, -0.2) is 34.0 Å². The number of aryl methyl sites for hydroxylation is 1. The topological polar surface area (TPSA) is 97.1 Å². The molecular weight excluding hydrogens is 260 g/mol. The van der Waals surface area contributed by atoms with Gasteiger partial charge in [0.2, 0.25) is 11.6 Å². The lowest BCUT2D eigenvalue weighted by Gasteiger charge is -2.13. The second-order valence-electron chi connectivity index (χ2n) is 4.34. The van der Waals surface area contributed by atoms with Crippen LogP contribution in [0.4, 0.5) is 23.1 Å². The van der Waals surface area contributed by atoms with Gasteiger partial charge in [-0.2, -0.15) is 0 Å². The van der Waals surface area contributed by atoms with E-state index in [1.807, 2.05) is 19.1 Å². The van der Waals surface area contributed by atoms with Crippen LogP contribution in [-0.2, 0) is 0 Å². The van der Waals surface area contributed by atoms with Crippen molar-refractivity contribution in [2.45, 2.75) is 6.92 Å². The number of nitrogens with zero attached hydrogens (tertiary/aromatic N) is 5. The summed E-state index contributed by atoms with van der Waals surface area (Å²) in [5, 5.41) is 14.1. The molecule has 0 unspecified atom stereocenters. The Morgan fingerprint density at radius 3 is 2.65 bits per heavy atom. The van der Waals surface area contributed by atoms with Crippen molar-refractivity contribution >= 4 is 23.1 Å². The highest BCUT2D eigenvalue weighted by atomic mass is 16.6. The molecule has 8 nitrogen and oxygen atoms in total. The molecule has 2 aromatic heterocycles. The van der Waals surface area contributed by atoms with Crippen molar-refractivity contribution in [1.82, 2.24) is 15.0 Å². The standard InChI is InChI=1S/C12H14N6O2/c1-8-5-4-6-9(15-8)16-11-10(18(19)20)12(17(2)3)14-7-13-11/h4-7H,1-3H3,(H,13,14,15,16). The number of anilines is 3. The molecule has 0 aliphatic rings. The molecule has 0 aliphatic carbocycles. The van der Waals surface area contributed by atoms with Gasteiger partial charge in [-0.3, -0.25) is 10.1 Å². The summed E-state index contributed by atoms with van der Waals surface area (Å²) in [7, 11) is 3.37. The predicted octanol–water partition coefficient (Wildman–Crippen LogP) is 1.90. The lowest BCUT2D eigenvalue weighted by atomic mass is 10.3. The number of hydrogen-bond acceptors (Lipinski definition) is 7. The number of nitro groups is 1. The van der Waals surface area contributed by atoms with Crippen molar-refractivity contribution < 1.29 is 4.92 Å². The molecule has 0 fully saturated rings. The van der Waals surface area contributed by atoms with Crippen LogP contribution in [0.5, 0.6) is 0 Å². The maximum atomic E-state index is 11.2. The maximum absolute atomic E-state index is 11.2. The molecule has 0 saturated carbocycles. The second kappa shape index (κ2) is 5.47. The van der Waals surface area contributed by atoms with Crippen LogP contribution in [0.1, 0.15) is 5.69 Å². The van der Waals surface area contributed by atoms with E-state index in [9.17, 15) is 10.1 Å². The van der Waals surface area contributed by atoms with Crippen LogP contribution >= 0.6 is 0 Å².